The quantitative estimate of drug-likeness (QED) is 0.633. The van der Waals surface area contributed by atoms with Crippen LogP contribution in [0.25, 0.3) is 16.6 Å². The Bertz CT molecular complexity index is 1010. The molecule has 0 unspecified atom stereocenters. The number of amides is 1. The van der Waals surface area contributed by atoms with Gasteiger partial charge >= 0.3 is 0 Å². The average Bonchev–Trinajstić information content (AvgIpc) is 3.35. The third-order valence-electron chi connectivity index (χ3n) is 5.58. The van der Waals surface area contributed by atoms with Crippen LogP contribution in [0.2, 0.25) is 5.02 Å². The Morgan fingerprint density at radius 2 is 2.07 bits per heavy atom. The second-order valence-corrected chi connectivity index (χ2v) is 7.82. The molecule has 4 rings (SSSR count). The maximum absolute atomic E-state index is 12.4. The number of aromatic nitrogens is 3. The molecule has 1 amide bonds. The Labute approximate surface area is 171 Å². The smallest absolute Gasteiger partial charge is 0.250 e. The van der Waals surface area contributed by atoms with Crippen LogP contribution in [0.1, 0.15) is 42.1 Å². The number of halogens is 3. The van der Waals surface area contributed by atoms with Crippen molar-refractivity contribution in [1.82, 2.24) is 19.4 Å². The molecule has 1 saturated carbocycles. The molecule has 154 valence electrons. The van der Waals surface area contributed by atoms with Crippen LogP contribution in [0.4, 0.5) is 8.78 Å². The van der Waals surface area contributed by atoms with Crippen molar-refractivity contribution in [3.63, 3.8) is 0 Å². The van der Waals surface area contributed by atoms with Gasteiger partial charge in [0.15, 0.2) is 0 Å². The molecule has 9 heteroatoms. The van der Waals surface area contributed by atoms with Crippen LogP contribution < -0.4 is 11.1 Å². The topological polar surface area (TPSA) is 77.9 Å². The van der Waals surface area contributed by atoms with E-state index in [1.54, 1.807) is 29.4 Å². The molecular formula is C20H22ClF2N5O. The molecule has 29 heavy (non-hydrogen) atoms. The van der Waals surface area contributed by atoms with E-state index in [0.29, 0.717) is 10.6 Å². The van der Waals surface area contributed by atoms with Gasteiger partial charge in [-0.2, -0.15) is 0 Å². The van der Waals surface area contributed by atoms with Crippen molar-refractivity contribution in [3.05, 3.63) is 47.6 Å². The third-order valence-corrected chi connectivity index (χ3v) is 5.88. The van der Waals surface area contributed by atoms with Crippen molar-refractivity contribution >= 4 is 28.4 Å². The highest BCUT2D eigenvalue weighted by Gasteiger charge is 2.26. The Morgan fingerprint density at radius 3 is 2.69 bits per heavy atom. The number of benzene rings is 1. The first-order valence-electron chi connectivity index (χ1n) is 9.57. The largest absolute Gasteiger partial charge is 0.366 e. The van der Waals surface area contributed by atoms with E-state index in [2.05, 4.69) is 10.3 Å². The van der Waals surface area contributed by atoms with E-state index in [4.69, 9.17) is 17.3 Å². The molecule has 2 aromatic heterocycles. The van der Waals surface area contributed by atoms with E-state index in [9.17, 15) is 13.6 Å². The summed E-state index contributed by atoms with van der Waals surface area (Å²) in [4.78, 5) is 16.3. The Kier molecular flexibility index (Phi) is 5.56. The minimum absolute atomic E-state index is 0.0843. The Balaban J connectivity index is 1.67. The van der Waals surface area contributed by atoms with Crippen LogP contribution in [-0.4, -0.2) is 39.0 Å². The van der Waals surface area contributed by atoms with Crippen LogP contribution in [0, 0.1) is 0 Å². The number of alkyl halides is 2. The van der Waals surface area contributed by atoms with E-state index < -0.39 is 12.3 Å². The van der Waals surface area contributed by atoms with Crippen LogP contribution in [0.15, 0.2) is 37.1 Å². The monoisotopic (exact) mass is 421 g/mol. The first-order valence-corrected chi connectivity index (χ1v) is 9.95. The average molecular weight is 422 g/mol. The Morgan fingerprint density at radius 1 is 1.31 bits per heavy atom. The maximum atomic E-state index is 12.4. The summed E-state index contributed by atoms with van der Waals surface area (Å²) in [6.07, 6.45) is 7.76. The molecule has 0 spiro atoms. The molecule has 3 N–H and O–H groups in total. The number of hydrogen-bond donors (Lipinski definition) is 2. The van der Waals surface area contributed by atoms with Gasteiger partial charge < -0.3 is 20.2 Å². The summed E-state index contributed by atoms with van der Waals surface area (Å²) in [7, 11) is 0. The zero-order valence-corrected chi connectivity index (χ0v) is 16.4. The summed E-state index contributed by atoms with van der Waals surface area (Å²) in [5, 5.41) is 4.22. The van der Waals surface area contributed by atoms with E-state index in [1.165, 1.54) is 0 Å². The molecule has 6 nitrogen and oxygen atoms in total. The second kappa shape index (κ2) is 8.12. The van der Waals surface area contributed by atoms with Crippen molar-refractivity contribution in [2.24, 2.45) is 5.73 Å². The van der Waals surface area contributed by atoms with Gasteiger partial charge in [-0.1, -0.05) is 11.6 Å². The minimum atomic E-state index is -2.34. The van der Waals surface area contributed by atoms with E-state index in [-0.39, 0.29) is 18.6 Å². The number of fused-ring (bicyclic) bond motifs is 1. The van der Waals surface area contributed by atoms with Crippen molar-refractivity contribution in [2.75, 3.05) is 6.54 Å². The fourth-order valence-electron chi connectivity index (χ4n) is 4.19. The number of nitrogens with two attached hydrogens (primary N) is 1. The molecule has 0 atom stereocenters. The van der Waals surface area contributed by atoms with E-state index >= 15 is 0 Å². The summed E-state index contributed by atoms with van der Waals surface area (Å²) in [5.41, 5.74) is 7.57. The molecule has 2 heterocycles. The van der Waals surface area contributed by atoms with Gasteiger partial charge in [0.05, 0.1) is 29.0 Å². The first kappa shape index (κ1) is 19.8. The number of nitrogens with one attached hydrogen (secondary N) is 1. The van der Waals surface area contributed by atoms with Crippen LogP contribution >= 0.6 is 11.6 Å². The van der Waals surface area contributed by atoms with Crippen molar-refractivity contribution in [1.29, 1.82) is 0 Å². The number of carbonyl (C=O) groups is 1. The lowest BCUT2D eigenvalue weighted by atomic mass is 9.90. The van der Waals surface area contributed by atoms with Crippen molar-refractivity contribution in [3.8, 4) is 5.69 Å². The van der Waals surface area contributed by atoms with Crippen molar-refractivity contribution < 1.29 is 13.6 Å². The van der Waals surface area contributed by atoms with Gasteiger partial charge in [-0.15, -0.1) is 0 Å². The van der Waals surface area contributed by atoms with Gasteiger partial charge in [-0.05, 0) is 37.8 Å². The van der Waals surface area contributed by atoms with Gasteiger partial charge in [0.25, 0.3) is 12.3 Å². The Hall–Kier alpha value is -2.45. The lowest BCUT2D eigenvalue weighted by Gasteiger charge is -2.31. The highest BCUT2D eigenvalue weighted by Crippen LogP contribution is 2.37. The number of carbonyl (C=O) groups excluding carboxylic acids is 1. The molecule has 1 aliphatic carbocycles. The minimum Gasteiger partial charge on any atom is -0.366 e. The van der Waals surface area contributed by atoms with Crippen LogP contribution in [-0.2, 0) is 0 Å². The zero-order chi connectivity index (χ0) is 20.5. The van der Waals surface area contributed by atoms with Gasteiger partial charge in [0, 0.05) is 41.7 Å². The van der Waals surface area contributed by atoms with E-state index in [1.807, 2.05) is 16.8 Å². The molecule has 0 saturated heterocycles. The van der Waals surface area contributed by atoms with Gasteiger partial charge in [-0.25, -0.2) is 13.8 Å². The molecule has 1 aromatic carbocycles. The summed E-state index contributed by atoms with van der Waals surface area (Å²) in [5.74, 6) is -0.528. The number of primary amides is 1. The summed E-state index contributed by atoms with van der Waals surface area (Å²) >= 11 is 6.53. The summed E-state index contributed by atoms with van der Waals surface area (Å²) in [6, 6.07) is 3.88. The zero-order valence-electron chi connectivity index (χ0n) is 15.7. The number of nitrogens with zero attached hydrogens (tertiary/aromatic N) is 3. The first-order chi connectivity index (χ1) is 13.9. The fourth-order valence-corrected chi connectivity index (χ4v) is 4.44. The lowest BCUT2D eigenvalue weighted by Crippen LogP contribution is -2.36. The molecule has 3 aromatic rings. The SMILES string of the molecule is NC(=O)c1cc(-n2ccnc2)cc2c(Cl)cn(C3CCC(NCC(F)F)CC3)c12. The third kappa shape index (κ3) is 4.00. The summed E-state index contributed by atoms with van der Waals surface area (Å²) in [6.45, 7) is -0.281. The highest BCUT2D eigenvalue weighted by atomic mass is 35.5. The molecular weight excluding hydrogens is 400 g/mol. The predicted octanol–water partition coefficient (Wildman–Crippen LogP) is 3.92. The van der Waals surface area contributed by atoms with Crippen LogP contribution in [0.3, 0.4) is 0 Å². The van der Waals surface area contributed by atoms with Crippen molar-refractivity contribution in [2.45, 2.75) is 44.2 Å². The molecule has 0 radical (unpaired) electrons. The molecule has 1 aliphatic rings. The van der Waals surface area contributed by atoms with E-state index in [0.717, 1.165) is 42.3 Å². The lowest BCUT2D eigenvalue weighted by molar-refractivity contribution is 0.100. The maximum Gasteiger partial charge on any atom is 0.250 e. The summed E-state index contributed by atoms with van der Waals surface area (Å²) < 4.78 is 28.7. The number of imidazole rings is 1. The predicted molar refractivity (Wildman–Crippen MR) is 108 cm³/mol. The fraction of sp³-hybridized carbons (Fsp3) is 0.400. The molecule has 0 bridgehead atoms. The molecule has 0 aliphatic heterocycles. The second-order valence-electron chi connectivity index (χ2n) is 7.41. The number of rotatable bonds is 6. The van der Waals surface area contributed by atoms with Gasteiger partial charge in [0.1, 0.15) is 0 Å². The normalized spacial score (nSPS) is 19.9. The van der Waals surface area contributed by atoms with Gasteiger partial charge in [-0.3, -0.25) is 4.79 Å². The molecule has 1 fully saturated rings. The van der Waals surface area contributed by atoms with Gasteiger partial charge in [0.2, 0.25) is 0 Å². The highest BCUT2D eigenvalue weighted by molar-refractivity contribution is 6.36. The standard InChI is InChI=1S/C20H22ClF2N5O/c21-17-10-28(13-3-1-12(2-4-13)26-9-18(22)23)19-15(17)7-14(8-16(19)20(24)29)27-6-5-25-11-27/h5-8,10-13,18,26H,1-4,9H2,(H2,24,29). The van der Waals surface area contributed by atoms with Crippen LogP contribution in [0.5, 0.6) is 0 Å². The number of hydrogen-bond acceptors (Lipinski definition) is 3.